The van der Waals surface area contributed by atoms with Crippen LogP contribution in [-0.4, -0.2) is 11.4 Å². The summed E-state index contributed by atoms with van der Waals surface area (Å²) in [4.78, 5) is 0. The summed E-state index contributed by atoms with van der Waals surface area (Å²) in [5.41, 5.74) is 25.7. The molecule has 0 saturated heterocycles. The third-order valence-corrected chi connectivity index (χ3v) is 1.31. The Morgan fingerprint density at radius 2 is 1.64 bits per heavy atom. The van der Waals surface area contributed by atoms with Gasteiger partial charge in [0.25, 0.3) is 0 Å². The Bertz CT molecular complexity index is 144. The van der Waals surface area contributed by atoms with Gasteiger partial charge in [0.05, 0.1) is 0 Å². The van der Waals surface area contributed by atoms with E-state index in [2.05, 4.69) is 5.32 Å². The van der Waals surface area contributed by atoms with Gasteiger partial charge in [0.2, 0.25) is 0 Å². The van der Waals surface area contributed by atoms with Crippen molar-refractivity contribution in [2.45, 2.75) is 18.4 Å². The van der Waals surface area contributed by atoms with Crippen molar-refractivity contribution in [3.05, 3.63) is 12.4 Å². The van der Waals surface area contributed by atoms with Crippen molar-refractivity contribution in [3.63, 3.8) is 0 Å². The fraction of sp³-hybridized carbons (Fsp3) is 0.600. The minimum Gasteiger partial charge on any atom is -0.403 e. The second kappa shape index (κ2) is 3.05. The predicted octanol–water partition coefficient (Wildman–Crippen LogP) is -2.79. The van der Waals surface area contributed by atoms with E-state index in [0.717, 1.165) is 0 Å². The lowest BCUT2D eigenvalue weighted by Gasteiger charge is -2.37. The molecule has 0 rings (SSSR count). The van der Waals surface area contributed by atoms with Gasteiger partial charge in [0.1, 0.15) is 5.66 Å². The fourth-order valence-corrected chi connectivity index (χ4v) is 0.342. The maximum absolute atomic E-state index is 5.49. The highest BCUT2D eigenvalue weighted by atomic mass is 15.3. The fourth-order valence-electron chi connectivity index (χ4n) is 0.342. The Hall–Kier alpha value is -0.820. The second-order valence-corrected chi connectivity index (χ2v) is 2.66. The SMILES string of the molecule is CC(N)(N)C(N)(N)N/C=C/N. The molecule has 0 aliphatic rings. The molecule has 0 atom stereocenters. The maximum Gasteiger partial charge on any atom is 0.170 e. The van der Waals surface area contributed by atoms with Crippen LogP contribution in [0, 0.1) is 0 Å². The van der Waals surface area contributed by atoms with Crippen LogP contribution in [0.15, 0.2) is 12.4 Å². The summed E-state index contributed by atoms with van der Waals surface area (Å²) >= 11 is 0. The minimum absolute atomic E-state index is 1.22. The lowest BCUT2D eigenvalue weighted by molar-refractivity contribution is 0.223. The van der Waals surface area contributed by atoms with Crippen molar-refractivity contribution < 1.29 is 0 Å². The zero-order valence-corrected chi connectivity index (χ0v) is 6.54. The third kappa shape index (κ3) is 2.72. The van der Waals surface area contributed by atoms with Gasteiger partial charge in [-0.05, 0) is 6.92 Å². The third-order valence-electron chi connectivity index (χ3n) is 1.31. The van der Waals surface area contributed by atoms with E-state index in [1.54, 1.807) is 0 Å². The van der Waals surface area contributed by atoms with E-state index in [1.807, 2.05) is 0 Å². The van der Waals surface area contributed by atoms with Crippen LogP contribution in [-0.2, 0) is 0 Å². The largest absolute Gasteiger partial charge is 0.403 e. The summed E-state index contributed by atoms with van der Waals surface area (Å²) in [6, 6.07) is 0. The Morgan fingerprint density at radius 1 is 1.18 bits per heavy atom. The summed E-state index contributed by atoms with van der Waals surface area (Å²) < 4.78 is 0. The zero-order chi connectivity index (χ0) is 9.12. The number of nitrogens with two attached hydrogens (primary N) is 5. The Labute approximate surface area is 65.8 Å². The molecule has 0 aromatic rings. The van der Waals surface area contributed by atoms with Gasteiger partial charge >= 0.3 is 0 Å². The van der Waals surface area contributed by atoms with Crippen LogP contribution < -0.4 is 34.0 Å². The Kier molecular flexibility index (Phi) is 2.83. The molecule has 0 saturated carbocycles. The normalized spacial score (nSPS) is 13.9. The number of rotatable bonds is 3. The molecule has 66 valence electrons. The first-order chi connectivity index (χ1) is 4.81. The zero-order valence-electron chi connectivity index (χ0n) is 6.54. The average molecular weight is 160 g/mol. The average Bonchev–Trinajstić information content (AvgIpc) is 1.81. The van der Waals surface area contributed by atoms with Gasteiger partial charge in [-0.3, -0.25) is 11.5 Å². The molecular formula is C5H16N6. The van der Waals surface area contributed by atoms with Crippen molar-refractivity contribution >= 4 is 0 Å². The molecule has 0 aliphatic carbocycles. The Balaban J connectivity index is 4.22. The summed E-state index contributed by atoms with van der Waals surface area (Å²) in [5, 5.41) is 2.55. The molecule has 0 spiro atoms. The van der Waals surface area contributed by atoms with Crippen LogP contribution >= 0.6 is 0 Å². The van der Waals surface area contributed by atoms with Crippen LogP contribution in [0.25, 0.3) is 0 Å². The molecule has 0 heterocycles. The van der Waals surface area contributed by atoms with Crippen LogP contribution in [0.1, 0.15) is 6.92 Å². The molecule has 11 N–H and O–H groups in total. The van der Waals surface area contributed by atoms with Crippen molar-refractivity contribution in [2.75, 3.05) is 0 Å². The summed E-state index contributed by atoms with van der Waals surface area (Å²) in [6.45, 7) is 1.50. The maximum atomic E-state index is 5.49. The standard InChI is InChI=1S/C5H16N6/c1-4(7,8)5(9,10)11-3-2-6/h2-3,11H,6-10H2,1H3/b3-2+. The lowest BCUT2D eigenvalue weighted by Crippen LogP contribution is -2.80. The van der Waals surface area contributed by atoms with E-state index in [1.165, 1.54) is 19.3 Å². The van der Waals surface area contributed by atoms with Crippen molar-refractivity contribution in [2.24, 2.45) is 28.7 Å². The minimum atomic E-state index is -1.37. The summed E-state index contributed by atoms with van der Waals surface area (Å²) in [7, 11) is 0. The van der Waals surface area contributed by atoms with Gasteiger partial charge < -0.3 is 22.5 Å². The van der Waals surface area contributed by atoms with E-state index in [4.69, 9.17) is 28.7 Å². The molecule has 0 radical (unpaired) electrons. The monoisotopic (exact) mass is 160 g/mol. The first-order valence-corrected chi connectivity index (χ1v) is 3.11. The molecule has 6 heteroatoms. The van der Waals surface area contributed by atoms with Crippen molar-refractivity contribution in [3.8, 4) is 0 Å². The van der Waals surface area contributed by atoms with E-state index in [-0.39, 0.29) is 0 Å². The van der Waals surface area contributed by atoms with Crippen LogP contribution in [0.2, 0.25) is 0 Å². The molecule has 0 fully saturated rings. The topological polar surface area (TPSA) is 142 Å². The molecule has 6 nitrogen and oxygen atoms in total. The molecule has 0 amide bonds. The summed E-state index contributed by atoms with van der Waals surface area (Å²) in [6.07, 6.45) is 2.62. The van der Waals surface area contributed by atoms with E-state index in [9.17, 15) is 0 Å². The van der Waals surface area contributed by atoms with E-state index in [0.29, 0.717) is 0 Å². The number of nitrogens with one attached hydrogen (secondary N) is 1. The highest BCUT2D eigenvalue weighted by Gasteiger charge is 2.34. The molecule has 0 unspecified atom stereocenters. The van der Waals surface area contributed by atoms with Gasteiger partial charge in [0.15, 0.2) is 5.79 Å². The summed E-state index contributed by atoms with van der Waals surface area (Å²) in [5.74, 6) is -1.37. The highest BCUT2D eigenvalue weighted by Crippen LogP contribution is 1.99. The number of hydrogen-bond acceptors (Lipinski definition) is 6. The highest BCUT2D eigenvalue weighted by molar-refractivity contribution is 4.97. The molecule has 0 aliphatic heterocycles. The van der Waals surface area contributed by atoms with Crippen molar-refractivity contribution in [1.82, 2.24) is 5.32 Å². The molecule has 0 bridgehead atoms. The molecule has 0 aromatic heterocycles. The van der Waals surface area contributed by atoms with Crippen LogP contribution in [0.5, 0.6) is 0 Å². The first-order valence-electron chi connectivity index (χ1n) is 3.11. The van der Waals surface area contributed by atoms with Gasteiger partial charge in [-0.25, -0.2) is 0 Å². The van der Waals surface area contributed by atoms with Gasteiger partial charge in [-0.15, -0.1) is 0 Å². The van der Waals surface area contributed by atoms with Gasteiger partial charge in [-0.1, -0.05) is 0 Å². The number of hydrogen-bond donors (Lipinski definition) is 6. The molecule has 11 heavy (non-hydrogen) atoms. The first kappa shape index (κ1) is 10.2. The lowest BCUT2D eigenvalue weighted by atomic mass is 10.1. The second-order valence-electron chi connectivity index (χ2n) is 2.66. The van der Waals surface area contributed by atoms with Gasteiger partial charge in [-0.2, -0.15) is 0 Å². The molecule has 0 aromatic carbocycles. The van der Waals surface area contributed by atoms with Crippen LogP contribution in [0.3, 0.4) is 0 Å². The van der Waals surface area contributed by atoms with E-state index >= 15 is 0 Å². The van der Waals surface area contributed by atoms with E-state index < -0.39 is 11.4 Å². The van der Waals surface area contributed by atoms with Crippen molar-refractivity contribution in [1.29, 1.82) is 0 Å². The smallest absolute Gasteiger partial charge is 0.170 e. The predicted molar refractivity (Wildman–Crippen MR) is 44.3 cm³/mol. The Morgan fingerprint density at radius 3 is 1.91 bits per heavy atom. The quantitative estimate of drug-likeness (QED) is 0.246. The molecular weight excluding hydrogens is 144 g/mol. The van der Waals surface area contributed by atoms with Crippen LogP contribution in [0.4, 0.5) is 0 Å². The van der Waals surface area contributed by atoms with Gasteiger partial charge in [0, 0.05) is 12.4 Å².